The molecule has 3 aromatic rings. The number of hydrogen-bond acceptors (Lipinski definition) is 4. The van der Waals surface area contributed by atoms with Crippen molar-refractivity contribution < 1.29 is 19.2 Å². The van der Waals surface area contributed by atoms with Gasteiger partial charge >= 0.3 is 0 Å². The fraction of sp³-hybridized carbons (Fsp3) is 0.226. The average molecular weight is 508 g/mol. The lowest BCUT2D eigenvalue weighted by molar-refractivity contribution is -0.122. The number of benzene rings is 3. The molecule has 1 aliphatic carbocycles. The van der Waals surface area contributed by atoms with E-state index in [-0.39, 0.29) is 35.5 Å². The lowest BCUT2D eigenvalue weighted by Gasteiger charge is -2.18. The van der Waals surface area contributed by atoms with Gasteiger partial charge in [0, 0.05) is 23.4 Å². The van der Waals surface area contributed by atoms with Gasteiger partial charge in [-0.2, -0.15) is 0 Å². The molecule has 1 aliphatic heterocycles. The summed E-state index contributed by atoms with van der Waals surface area (Å²) in [6, 6.07) is 23.3. The largest absolute Gasteiger partial charge is 0.326 e. The quantitative estimate of drug-likeness (QED) is 0.333. The van der Waals surface area contributed by atoms with Crippen molar-refractivity contribution in [3.8, 4) is 0 Å². The van der Waals surface area contributed by atoms with E-state index in [9.17, 15) is 19.2 Å². The molecule has 0 bridgehead atoms. The van der Waals surface area contributed by atoms with Gasteiger partial charge in [-0.15, -0.1) is 0 Å². The summed E-state index contributed by atoms with van der Waals surface area (Å²) in [4.78, 5) is 52.5. The van der Waals surface area contributed by atoms with Crippen LogP contribution in [0.3, 0.4) is 0 Å². The Balaban J connectivity index is 1.19. The topological polar surface area (TPSA) is 95.6 Å². The molecule has 0 radical (unpaired) electrons. The van der Waals surface area contributed by atoms with Crippen LogP contribution in [0.1, 0.15) is 42.1 Å². The molecule has 2 N–H and O–H groups in total. The molecule has 192 valence electrons. The molecule has 4 amide bonds. The van der Waals surface area contributed by atoms with Crippen LogP contribution in [0.5, 0.6) is 0 Å². The Morgan fingerprint density at radius 2 is 1.53 bits per heavy atom. The molecule has 1 saturated heterocycles. The third kappa shape index (κ3) is 5.42. The number of imide groups is 1. The molecule has 1 heterocycles. The molecule has 3 aromatic carbocycles. The number of anilines is 3. The van der Waals surface area contributed by atoms with Gasteiger partial charge < -0.3 is 10.6 Å². The van der Waals surface area contributed by atoms with Crippen LogP contribution in [0, 0.1) is 11.8 Å². The molecule has 0 saturated carbocycles. The highest BCUT2D eigenvalue weighted by atomic mass is 16.2. The van der Waals surface area contributed by atoms with Gasteiger partial charge in [-0.1, -0.05) is 48.0 Å². The van der Waals surface area contributed by atoms with Crippen LogP contribution in [-0.4, -0.2) is 23.6 Å². The third-order valence-electron chi connectivity index (χ3n) is 7.10. The molecule has 2 aliphatic rings. The number of fused-ring (bicyclic) bond motifs is 1. The summed E-state index contributed by atoms with van der Waals surface area (Å²) in [5.74, 6) is -1.52. The summed E-state index contributed by atoms with van der Waals surface area (Å²) in [5, 5.41) is 5.70. The zero-order chi connectivity index (χ0) is 26.6. The van der Waals surface area contributed by atoms with Crippen LogP contribution in [-0.2, 0) is 20.8 Å². The van der Waals surface area contributed by atoms with Gasteiger partial charge in [0.25, 0.3) is 5.91 Å². The minimum absolute atomic E-state index is 0.0840. The van der Waals surface area contributed by atoms with Crippen molar-refractivity contribution in [1.82, 2.24) is 0 Å². The minimum Gasteiger partial charge on any atom is -0.326 e. The Kier molecular flexibility index (Phi) is 7.18. The molecule has 38 heavy (non-hydrogen) atoms. The maximum Gasteiger partial charge on any atom is 0.255 e. The first-order valence-electron chi connectivity index (χ1n) is 12.8. The number of rotatable bonds is 7. The smallest absolute Gasteiger partial charge is 0.255 e. The maximum atomic E-state index is 13.0. The van der Waals surface area contributed by atoms with E-state index in [4.69, 9.17) is 0 Å². The summed E-state index contributed by atoms with van der Waals surface area (Å²) in [6.07, 6.45) is 4.22. The highest BCUT2D eigenvalue weighted by Gasteiger charge is 2.48. The lowest BCUT2D eigenvalue weighted by Crippen LogP contribution is -2.31. The minimum atomic E-state index is -0.361. The van der Waals surface area contributed by atoms with Crippen LogP contribution in [0.15, 0.2) is 90.5 Å². The van der Waals surface area contributed by atoms with E-state index in [0.717, 1.165) is 11.1 Å². The summed E-state index contributed by atoms with van der Waals surface area (Å²) >= 11 is 0. The van der Waals surface area contributed by atoms with E-state index in [1.54, 1.807) is 48.5 Å². The van der Waals surface area contributed by atoms with Crippen molar-refractivity contribution in [2.45, 2.75) is 32.6 Å². The second kappa shape index (κ2) is 10.8. The van der Waals surface area contributed by atoms with Crippen LogP contribution < -0.4 is 15.5 Å². The number of nitrogens with zero attached hydrogens (tertiary/aromatic N) is 1. The maximum absolute atomic E-state index is 13.0. The summed E-state index contributed by atoms with van der Waals surface area (Å²) in [6.45, 7) is 1.98. The van der Waals surface area contributed by atoms with E-state index in [1.165, 1.54) is 4.90 Å². The standard InChI is InChI=1S/C31H29N3O4/c1-20-10-16-26-27(18-20)31(38)34(30(26)37)25-9-5-8-22(19-25)29(36)33-24-14-12-23(13-15-24)32-28(35)17-11-21-6-3-2-4-7-21/h2-10,12-15,19,26-27H,11,16-18H2,1H3,(H,32,35)(H,33,36)/t26-,27-/m0/s1. The van der Waals surface area contributed by atoms with Gasteiger partial charge in [0.1, 0.15) is 0 Å². The van der Waals surface area contributed by atoms with Crippen LogP contribution in [0.4, 0.5) is 17.1 Å². The van der Waals surface area contributed by atoms with Crippen molar-refractivity contribution in [3.63, 3.8) is 0 Å². The zero-order valence-electron chi connectivity index (χ0n) is 21.1. The first kappa shape index (κ1) is 25.1. The van der Waals surface area contributed by atoms with Crippen LogP contribution >= 0.6 is 0 Å². The highest BCUT2D eigenvalue weighted by Crippen LogP contribution is 2.39. The van der Waals surface area contributed by atoms with Crippen molar-refractivity contribution in [2.24, 2.45) is 11.8 Å². The first-order chi connectivity index (χ1) is 18.4. The van der Waals surface area contributed by atoms with Crippen molar-refractivity contribution in [1.29, 1.82) is 0 Å². The van der Waals surface area contributed by atoms with Gasteiger partial charge in [0.15, 0.2) is 0 Å². The van der Waals surface area contributed by atoms with Gasteiger partial charge in [-0.3, -0.25) is 24.1 Å². The van der Waals surface area contributed by atoms with E-state index in [2.05, 4.69) is 10.6 Å². The Bertz CT molecular complexity index is 1410. The second-order valence-corrected chi connectivity index (χ2v) is 9.83. The van der Waals surface area contributed by atoms with Crippen LogP contribution in [0.2, 0.25) is 0 Å². The molecular formula is C31H29N3O4. The fourth-order valence-corrected chi connectivity index (χ4v) is 5.04. The molecule has 0 aromatic heterocycles. The number of carbonyl (C=O) groups excluding carboxylic acids is 4. The monoisotopic (exact) mass is 507 g/mol. The predicted octanol–water partition coefficient (Wildman–Crippen LogP) is 5.36. The zero-order valence-corrected chi connectivity index (χ0v) is 21.1. The Morgan fingerprint density at radius 1 is 0.842 bits per heavy atom. The SMILES string of the molecule is CC1=CC[C@@H]2C(=O)N(c3cccc(C(=O)Nc4ccc(NC(=O)CCc5ccccc5)cc4)c3)C(=O)[C@H]2C1. The van der Waals surface area contributed by atoms with Crippen molar-refractivity contribution in [2.75, 3.05) is 15.5 Å². The summed E-state index contributed by atoms with van der Waals surface area (Å²) in [5.41, 5.74) is 4.18. The van der Waals surface area contributed by atoms with E-state index in [1.807, 2.05) is 43.3 Å². The molecule has 0 spiro atoms. The Labute approximate surface area is 221 Å². The van der Waals surface area contributed by atoms with E-state index >= 15 is 0 Å². The lowest BCUT2D eigenvalue weighted by atomic mass is 9.82. The molecule has 7 nitrogen and oxygen atoms in total. The molecule has 7 heteroatoms. The van der Waals surface area contributed by atoms with Gasteiger partial charge in [-0.05, 0) is 74.2 Å². The highest BCUT2D eigenvalue weighted by molar-refractivity contribution is 6.22. The van der Waals surface area contributed by atoms with Crippen molar-refractivity contribution >= 4 is 40.7 Å². The van der Waals surface area contributed by atoms with Crippen LogP contribution in [0.25, 0.3) is 0 Å². The summed E-state index contributed by atoms with van der Waals surface area (Å²) < 4.78 is 0. The molecule has 5 rings (SSSR count). The fourth-order valence-electron chi connectivity index (χ4n) is 5.04. The molecule has 0 unspecified atom stereocenters. The molecule has 2 atom stereocenters. The average Bonchev–Trinajstić information content (AvgIpc) is 3.18. The van der Waals surface area contributed by atoms with E-state index in [0.29, 0.717) is 48.3 Å². The normalized spacial score (nSPS) is 18.6. The van der Waals surface area contributed by atoms with E-state index < -0.39 is 0 Å². The third-order valence-corrected chi connectivity index (χ3v) is 7.10. The molecule has 1 fully saturated rings. The number of nitrogens with one attached hydrogen (secondary N) is 2. The summed E-state index contributed by atoms with van der Waals surface area (Å²) in [7, 11) is 0. The first-order valence-corrected chi connectivity index (χ1v) is 12.8. The Hall–Kier alpha value is -4.52. The van der Waals surface area contributed by atoms with Gasteiger partial charge in [-0.25, -0.2) is 0 Å². The number of aryl methyl sites for hydroxylation is 1. The Morgan fingerprint density at radius 3 is 2.26 bits per heavy atom. The molecular weight excluding hydrogens is 478 g/mol. The number of amides is 4. The van der Waals surface area contributed by atoms with Crippen molar-refractivity contribution in [3.05, 3.63) is 102 Å². The number of hydrogen-bond donors (Lipinski definition) is 2. The van der Waals surface area contributed by atoms with Gasteiger partial charge in [0.2, 0.25) is 17.7 Å². The second-order valence-electron chi connectivity index (χ2n) is 9.83. The number of carbonyl (C=O) groups is 4. The predicted molar refractivity (Wildman–Crippen MR) is 147 cm³/mol. The van der Waals surface area contributed by atoms with Gasteiger partial charge in [0.05, 0.1) is 17.5 Å². The number of allylic oxidation sites excluding steroid dienone is 2.